The van der Waals surface area contributed by atoms with Crippen molar-refractivity contribution in [2.45, 2.75) is 25.1 Å². The van der Waals surface area contributed by atoms with Gasteiger partial charge >= 0.3 is 0 Å². The molecule has 2 unspecified atom stereocenters. The summed E-state index contributed by atoms with van der Waals surface area (Å²) in [5.41, 5.74) is 2.64. The van der Waals surface area contributed by atoms with Crippen molar-refractivity contribution in [2.75, 3.05) is 46.9 Å². The van der Waals surface area contributed by atoms with Gasteiger partial charge in [0.25, 0.3) is 0 Å². The lowest BCUT2D eigenvalue weighted by Gasteiger charge is -2.36. The van der Waals surface area contributed by atoms with E-state index in [1.165, 1.54) is 11.1 Å². The lowest BCUT2D eigenvalue weighted by atomic mass is 10.1. The van der Waals surface area contributed by atoms with Crippen LogP contribution >= 0.6 is 24.0 Å². The molecular weight excluding hydrogens is 503 g/mol. The average molecular weight is 536 g/mol. The molecule has 0 aliphatic carbocycles. The van der Waals surface area contributed by atoms with E-state index >= 15 is 0 Å². The summed E-state index contributed by atoms with van der Waals surface area (Å²) in [6.45, 7) is 5.43. The van der Waals surface area contributed by atoms with Crippen LogP contribution in [-0.2, 0) is 17.7 Å². The molecule has 0 aromatic heterocycles. The SMILES string of the molecule is CN=C(NCCc1ccc(OC)cc1)N1CC2OCCN(Cc3ccccc3)C2C1.I. The molecule has 2 fully saturated rings. The molecule has 0 amide bonds. The molecule has 0 bridgehead atoms. The van der Waals surface area contributed by atoms with Crippen LogP contribution in [-0.4, -0.2) is 74.8 Å². The molecule has 2 aromatic rings. The second kappa shape index (κ2) is 11.7. The molecule has 0 spiro atoms. The zero-order chi connectivity index (χ0) is 20.8. The molecule has 2 atom stereocenters. The highest BCUT2D eigenvalue weighted by Gasteiger charge is 2.41. The number of halogens is 1. The number of likely N-dealkylation sites (tertiary alicyclic amines) is 1. The Bertz CT molecular complexity index is 831. The van der Waals surface area contributed by atoms with Crippen molar-refractivity contribution < 1.29 is 9.47 Å². The fourth-order valence-electron chi connectivity index (χ4n) is 4.39. The number of methoxy groups -OCH3 is 1. The molecule has 0 saturated carbocycles. The van der Waals surface area contributed by atoms with E-state index in [1.807, 2.05) is 19.2 Å². The molecule has 7 heteroatoms. The fraction of sp³-hybridized carbons (Fsp3) is 0.458. The molecule has 4 rings (SSSR count). The highest BCUT2D eigenvalue weighted by atomic mass is 127. The summed E-state index contributed by atoms with van der Waals surface area (Å²) in [5, 5.41) is 3.53. The van der Waals surface area contributed by atoms with E-state index in [0.717, 1.165) is 57.5 Å². The maximum Gasteiger partial charge on any atom is 0.193 e. The van der Waals surface area contributed by atoms with Crippen molar-refractivity contribution in [3.05, 3.63) is 65.7 Å². The van der Waals surface area contributed by atoms with E-state index < -0.39 is 0 Å². The van der Waals surface area contributed by atoms with E-state index in [4.69, 9.17) is 9.47 Å². The minimum Gasteiger partial charge on any atom is -0.497 e. The molecule has 2 heterocycles. The number of rotatable bonds is 6. The van der Waals surface area contributed by atoms with Gasteiger partial charge in [-0.2, -0.15) is 0 Å². The van der Waals surface area contributed by atoms with Crippen LogP contribution in [0.15, 0.2) is 59.6 Å². The molecule has 1 N–H and O–H groups in total. The number of guanidine groups is 1. The van der Waals surface area contributed by atoms with Gasteiger partial charge < -0.3 is 19.7 Å². The lowest BCUT2D eigenvalue weighted by molar-refractivity contribution is -0.0502. The predicted molar refractivity (Wildman–Crippen MR) is 135 cm³/mol. The molecule has 31 heavy (non-hydrogen) atoms. The van der Waals surface area contributed by atoms with Crippen molar-refractivity contribution in [3.63, 3.8) is 0 Å². The van der Waals surface area contributed by atoms with Crippen LogP contribution in [0.1, 0.15) is 11.1 Å². The van der Waals surface area contributed by atoms with Crippen LogP contribution in [0.4, 0.5) is 0 Å². The third-order valence-electron chi connectivity index (χ3n) is 6.01. The molecule has 0 radical (unpaired) electrons. The number of morpholine rings is 1. The first-order valence-electron chi connectivity index (χ1n) is 10.7. The van der Waals surface area contributed by atoms with Crippen LogP contribution in [0.3, 0.4) is 0 Å². The number of fused-ring (bicyclic) bond motifs is 1. The van der Waals surface area contributed by atoms with Gasteiger partial charge in [0, 0.05) is 39.8 Å². The number of hydrogen-bond acceptors (Lipinski definition) is 4. The number of benzene rings is 2. The molecule has 2 aliphatic heterocycles. The zero-order valence-electron chi connectivity index (χ0n) is 18.4. The number of hydrogen-bond donors (Lipinski definition) is 1. The molecule has 168 valence electrons. The number of nitrogens with zero attached hydrogens (tertiary/aromatic N) is 3. The third-order valence-corrected chi connectivity index (χ3v) is 6.01. The predicted octanol–water partition coefficient (Wildman–Crippen LogP) is 3.02. The molecule has 2 aromatic carbocycles. The Labute approximate surface area is 202 Å². The van der Waals surface area contributed by atoms with Crippen LogP contribution < -0.4 is 10.1 Å². The minimum absolute atomic E-state index is 0. The van der Waals surface area contributed by atoms with Gasteiger partial charge in [-0.1, -0.05) is 42.5 Å². The first kappa shape index (κ1) is 23.8. The van der Waals surface area contributed by atoms with Gasteiger partial charge in [-0.25, -0.2) is 0 Å². The minimum atomic E-state index is 0. The van der Waals surface area contributed by atoms with Gasteiger partial charge in [-0.05, 0) is 29.7 Å². The second-order valence-electron chi connectivity index (χ2n) is 7.91. The van der Waals surface area contributed by atoms with Crippen molar-refractivity contribution in [1.29, 1.82) is 0 Å². The normalized spacial score (nSPS) is 21.4. The number of nitrogens with one attached hydrogen (secondary N) is 1. The van der Waals surface area contributed by atoms with Gasteiger partial charge in [0.1, 0.15) is 5.75 Å². The van der Waals surface area contributed by atoms with Gasteiger partial charge in [-0.15, -0.1) is 24.0 Å². The topological polar surface area (TPSA) is 49.3 Å². The third kappa shape index (κ3) is 6.11. The van der Waals surface area contributed by atoms with Gasteiger partial charge in [0.05, 0.1) is 25.9 Å². The van der Waals surface area contributed by atoms with Gasteiger partial charge in [0.15, 0.2) is 5.96 Å². The van der Waals surface area contributed by atoms with Crippen LogP contribution in [0.2, 0.25) is 0 Å². The summed E-state index contributed by atoms with van der Waals surface area (Å²) < 4.78 is 11.3. The Morgan fingerprint density at radius 2 is 1.87 bits per heavy atom. The van der Waals surface area contributed by atoms with E-state index in [9.17, 15) is 0 Å². The monoisotopic (exact) mass is 536 g/mol. The summed E-state index contributed by atoms with van der Waals surface area (Å²) >= 11 is 0. The smallest absolute Gasteiger partial charge is 0.193 e. The Morgan fingerprint density at radius 3 is 2.58 bits per heavy atom. The molecule has 2 aliphatic rings. The maximum atomic E-state index is 6.11. The summed E-state index contributed by atoms with van der Waals surface area (Å²) in [5.74, 6) is 1.85. The lowest BCUT2D eigenvalue weighted by Crippen LogP contribution is -2.50. The Kier molecular flexibility index (Phi) is 8.98. The van der Waals surface area contributed by atoms with Gasteiger partial charge in [0.2, 0.25) is 0 Å². The second-order valence-corrected chi connectivity index (χ2v) is 7.91. The van der Waals surface area contributed by atoms with E-state index in [0.29, 0.717) is 6.04 Å². The number of aliphatic imine (C=N–C) groups is 1. The molecular formula is C24H33IN4O2. The highest BCUT2D eigenvalue weighted by molar-refractivity contribution is 14.0. The fourth-order valence-corrected chi connectivity index (χ4v) is 4.39. The highest BCUT2D eigenvalue weighted by Crippen LogP contribution is 2.24. The standard InChI is InChI=1S/C24H32N4O2.HI/c1-25-24(26-13-12-19-8-10-21(29-2)11-9-19)28-17-22-23(18-28)30-15-14-27(22)16-20-6-4-3-5-7-20;/h3-11,22-23H,12-18H2,1-2H3,(H,25,26);1H. The van der Waals surface area contributed by atoms with E-state index in [2.05, 4.69) is 62.6 Å². The van der Waals surface area contributed by atoms with Crippen LogP contribution in [0, 0.1) is 0 Å². The van der Waals surface area contributed by atoms with Crippen molar-refractivity contribution >= 4 is 29.9 Å². The molecule has 2 saturated heterocycles. The number of ether oxygens (including phenoxy) is 2. The van der Waals surface area contributed by atoms with Gasteiger partial charge in [-0.3, -0.25) is 9.89 Å². The quantitative estimate of drug-likeness (QED) is 0.350. The van der Waals surface area contributed by atoms with E-state index in [-0.39, 0.29) is 30.1 Å². The summed E-state index contributed by atoms with van der Waals surface area (Å²) in [6, 6.07) is 19.4. The summed E-state index contributed by atoms with van der Waals surface area (Å²) in [6.07, 6.45) is 1.18. The Balaban J connectivity index is 0.00000272. The Hall–Kier alpha value is -1.84. The van der Waals surface area contributed by atoms with Crippen molar-refractivity contribution in [3.8, 4) is 5.75 Å². The van der Waals surface area contributed by atoms with Crippen molar-refractivity contribution in [1.82, 2.24) is 15.1 Å². The molecule has 6 nitrogen and oxygen atoms in total. The van der Waals surface area contributed by atoms with Crippen LogP contribution in [0.25, 0.3) is 0 Å². The summed E-state index contributed by atoms with van der Waals surface area (Å²) in [7, 11) is 3.55. The summed E-state index contributed by atoms with van der Waals surface area (Å²) in [4.78, 5) is 9.44. The maximum absolute atomic E-state index is 6.11. The average Bonchev–Trinajstić information content (AvgIpc) is 3.23. The largest absolute Gasteiger partial charge is 0.497 e. The van der Waals surface area contributed by atoms with Crippen LogP contribution in [0.5, 0.6) is 5.75 Å². The van der Waals surface area contributed by atoms with E-state index in [1.54, 1.807) is 7.11 Å². The first-order chi connectivity index (χ1) is 14.8. The Morgan fingerprint density at radius 1 is 1.10 bits per heavy atom. The zero-order valence-corrected chi connectivity index (χ0v) is 20.7. The first-order valence-corrected chi connectivity index (χ1v) is 10.7. The van der Waals surface area contributed by atoms with Crippen molar-refractivity contribution in [2.24, 2.45) is 4.99 Å².